The van der Waals surface area contributed by atoms with Crippen molar-refractivity contribution in [2.45, 2.75) is 51.0 Å². The topological polar surface area (TPSA) is 44.6 Å². The summed E-state index contributed by atoms with van der Waals surface area (Å²) in [5.41, 5.74) is 0.349. The molecule has 1 atom stereocenters. The highest BCUT2D eigenvalue weighted by Gasteiger charge is 2.24. The van der Waals surface area contributed by atoms with Crippen LogP contribution < -0.4 is 5.32 Å². The Kier molecular flexibility index (Phi) is 7.56. The number of allylic oxidation sites excluding steroid dienone is 5. The molecular formula is C21H27ClN2OS. The maximum atomic E-state index is 10.4. The van der Waals surface area contributed by atoms with E-state index in [1.165, 1.54) is 4.91 Å². The average molecular weight is 391 g/mol. The van der Waals surface area contributed by atoms with Crippen LogP contribution in [0.15, 0.2) is 69.2 Å². The second-order valence-electron chi connectivity index (χ2n) is 7.03. The summed E-state index contributed by atoms with van der Waals surface area (Å²) in [6.07, 6.45) is 9.41. The second-order valence-corrected chi connectivity index (χ2v) is 8.63. The molecule has 2 N–H and O–H groups in total. The Morgan fingerprint density at radius 1 is 1.27 bits per heavy atom. The number of aliphatic imine (C=N–C) groups is 1. The molecule has 0 radical (unpaired) electrons. The fourth-order valence-corrected chi connectivity index (χ4v) is 3.49. The van der Waals surface area contributed by atoms with Crippen molar-refractivity contribution < 1.29 is 5.11 Å². The maximum Gasteiger partial charge on any atom is 0.102 e. The third-order valence-corrected chi connectivity index (χ3v) is 5.76. The van der Waals surface area contributed by atoms with Gasteiger partial charge >= 0.3 is 0 Å². The minimum Gasteiger partial charge on any atom is -0.390 e. The lowest BCUT2D eigenvalue weighted by atomic mass is 9.88. The Hall–Kier alpha value is -1.49. The predicted molar refractivity (Wildman–Crippen MR) is 114 cm³/mol. The zero-order valence-corrected chi connectivity index (χ0v) is 17.4. The quantitative estimate of drug-likeness (QED) is 0.655. The van der Waals surface area contributed by atoms with E-state index in [-0.39, 0.29) is 5.92 Å². The van der Waals surface area contributed by atoms with E-state index < -0.39 is 5.60 Å². The SMILES string of the molecule is CC1=N/C=C\C=C\C/C(Sc2ccc(Cl)cc2)=C(/CC(C)C(C)(C)O)N1. The van der Waals surface area contributed by atoms with E-state index in [1.54, 1.807) is 18.0 Å². The summed E-state index contributed by atoms with van der Waals surface area (Å²) in [6, 6.07) is 7.87. The smallest absolute Gasteiger partial charge is 0.102 e. The number of nitrogens with one attached hydrogen (secondary N) is 1. The van der Waals surface area contributed by atoms with Gasteiger partial charge in [-0.25, -0.2) is 4.99 Å². The first-order valence-corrected chi connectivity index (χ1v) is 9.96. The molecule has 1 unspecified atom stereocenters. The van der Waals surface area contributed by atoms with Crippen LogP contribution in [-0.2, 0) is 0 Å². The maximum absolute atomic E-state index is 10.4. The Balaban J connectivity index is 2.38. The molecule has 3 nitrogen and oxygen atoms in total. The molecule has 26 heavy (non-hydrogen) atoms. The minimum absolute atomic E-state index is 0.0982. The summed E-state index contributed by atoms with van der Waals surface area (Å²) in [6.45, 7) is 7.73. The van der Waals surface area contributed by atoms with Gasteiger partial charge in [0.2, 0.25) is 0 Å². The van der Waals surface area contributed by atoms with Crippen LogP contribution in [0.3, 0.4) is 0 Å². The largest absolute Gasteiger partial charge is 0.390 e. The van der Waals surface area contributed by atoms with Crippen LogP contribution in [0.4, 0.5) is 0 Å². The van der Waals surface area contributed by atoms with E-state index >= 15 is 0 Å². The Bertz CT molecular complexity index is 727. The Labute approximate surface area is 165 Å². The molecule has 0 saturated heterocycles. The number of hydrogen-bond acceptors (Lipinski definition) is 4. The normalized spacial score (nSPS) is 22.2. The molecule has 2 rings (SSSR count). The second kappa shape index (κ2) is 9.45. The first kappa shape index (κ1) is 20.8. The number of rotatable bonds is 5. The van der Waals surface area contributed by atoms with Gasteiger partial charge in [-0.2, -0.15) is 0 Å². The average Bonchev–Trinajstić information content (AvgIpc) is 2.57. The number of aliphatic hydroxyl groups is 1. The highest BCUT2D eigenvalue weighted by molar-refractivity contribution is 8.03. The molecule has 0 fully saturated rings. The van der Waals surface area contributed by atoms with Crippen molar-refractivity contribution in [2.24, 2.45) is 10.9 Å². The summed E-state index contributed by atoms with van der Waals surface area (Å²) in [5, 5.41) is 14.6. The van der Waals surface area contributed by atoms with E-state index in [2.05, 4.69) is 23.3 Å². The van der Waals surface area contributed by atoms with Crippen molar-refractivity contribution in [1.82, 2.24) is 5.32 Å². The van der Waals surface area contributed by atoms with Crippen LogP contribution >= 0.6 is 23.4 Å². The molecule has 1 aromatic carbocycles. The number of benzene rings is 1. The molecule has 1 aliphatic heterocycles. The van der Waals surface area contributed by atoms with Gasteiger partial charge in [0.15, 0.2) is 0 Å². The first-order valence-electron chi connectivity index (χ1n) is 8.76. The number of thioether (sulfide) groups is 1. The van der Waals surface area contributed by atoms with Gasteiger partial charge in [-0.3, -0.25) is 0 Å². The van der Waals surface area contributed by atoms with Crippen LogP contribution in [0.2, 0.25) is 5.02 Å². The predicted octanol–water partition coefficient (Wildman–Crippen LogP) is 5.92. The minimum atomic E-state index is -0.749. The molecule has 1 aliphatic rings. The van der Waals surface area contributed by atoms with Crippen molar-refractivity contribution in [3.63, 3.8) is 0 Å². The standard InChI is InChI=1S/C21H27ClN2OS/c1-15(21(3,4)25)14-19-20(26-18-11-9-17(22)10-12-18)8-6-5-7-13-23-16(2)24-19/h5-7,9-13,15,25H,8,14H2,1-4H3,(H,23,24)/b6-5+,13-7-,20-19+. The van der Waals surface area contributed by atoms with Crippen molar-refractivity contribution in [1.29, 1.82) is 0 Å². The Morgan fingerprint density at radius 3 is 2.62 bits per heavy atom. The zero-order chi connectivity index (χ0) is 19.2. The van der Waals surface area contributed by atoms with Gasteiger partial charge < -0.3 is 10.4 Å². The molecule has 0 aromatic heterocycles. The molecule has 0 spiro atoms. The van der Waals surface area contributed by atoms with Crippen LogP contribution in [-0.4, -0.2) is 16.5 Å². The van der Waals surface area contributed by atoms with Crippen molar-refractivity contribution in [3.05, 3.63) is 64.3 Å². The van der Waals surface area contributed by atoms with Crippen LogP contribution in [0.1, 0.15) is 40.5 Å². The number of hydrogen-bond donors (Lipinski definition) is 2. The molecular weight excluding hydrogens is 364 g/mol. The number of halogens is 1. The molecule has 140 valence electrons. The van der Waals surface area contributed by atoms with Gasteiger partial charge in [-0.15, -0.1) is 0 Å². The summed E-state index contributed by atoms with van der Waals surface area (Å²) < 4.78 is 0. The highest BCUT2D eigenvalue weighted by Crippen LogP contribution is 2.35. The lowest BCUT2D eigenvalue weighted by molar-refractivity contribution is 0.0246. The zero-order valence-electron chi connectivity index (χ0n) is 15.8. The molecule has 0 amide bonds. The van der Waals surface area contributed by atoms with Gasteiger partial charge in [0.1, 0.15) is 5.84 Å². The third kappa shape index (κ3) is 6.67. The summed E-state index contributed by atoms with van der Waals surface area (Å²) in [7, 11) is 0. The Morgan fingerprint density at radius 2 is 1.96 bits per heavy atom. The number of amidine groups is 1. The lowest BCUT2D eigenvalue weighted by Gasteiger charge is -2.28. The van der Waals surface area contributed by atoms with Crippen molar-refractivity contribution in [3.8, 4) is 0 Å². The van der Waals surface area contributed by atoms with Crippen molar-refractivity contribution >= 4 is 29.2 Å². The first-order chi connectivity index (χ1) is 12.3. The molecule has 5 heteroatoms. The van der Waals surface area contributed by atoms with Crippen LogP contribution in [0.25, 0.3) is 0 Å². The fourth-order valence-electron chi connectivity index (χ4n) is 2.37. The van der Waals surface area contributed by atoms with Crippen LogP contribution in [0.5, 0.6) is 0 Å². The monoisotopic (exact) mass is 390 g/mol. The van der Waals surface area contributed by atoms with Gasteiger partial charge in [-0.05, 0) is 69.9 Å². The van der Waals surface area contributed by atoms with E-state index in [0.29, 0.717) is 0 Å². The molecule has 0 aliphatic carbocycles. The highest BCUT2D eigenvalue weighted by atomic mass is 35.5. The van der Waals surface area contributed by atoms with Crippen molar-refractivity contribution in [2.75, 3.05) is 0 Å². The van der Waals surface area contributed by atoms with Gasteiger partial charge in [0, 0.05) is 26.7 Å². The fraction of sp³-hybridized carbons (Fsp3) is 0.381. The number of nitrogens with zero attached hydrogens (tertiary/aromatic N) is 1. The third-order valence-electron chi connectivity index (χ3n) is 4.34. The molecule has 0 saturated carbocycles. The molecule has 1 heterocycles. The lowest BCUT2D eigenvalue weighted by Crippen LogP contribution is -2.32. The van der Waals surface area contributed by atoms with Gasteiger partial charge in [0.25, 0.3) is 0 Å². The van der Waals surface area contributed by atoms with E-state index in [9.17, 15) is 5.11 Å². The van der Waals surface area contributed by atoms with E-state index in [1.807, 2.05) is 57.2 Å². The summed E-state index contributed by atoms with van der Waals surface area (Å²) in [4.78, 5) is 6.76. The molecule has 0 bridgehead atoms. The van der Waals surface area contributed by atoms with E-state index in [0.717, 1.165) is 34.3 Å². The van der Waals surface area contributed by atoms with E-state index in [4.69, 9.17) is 11.6 Å². The van der Waals surface area contributed by atoms with Gasteiger partial charge in [0.05, 0.1) is 5.60 Å². The summed E-state index contributed by atoms with van der Waals surface area (Å²) in [5.74, 6) is 0.935. The van der Waals surface area contributed by atoms with Gasteiger partial charge in [-0.1, -0.05) is 42.4 Å². The van der Waals surface area contributed by atoms with Crippen LogP contribution in [0, 0.1) is 5.92 Å². The molecule has 1 aromatic rings. The summed E-state index contributed by atoms with van der Waals surface area (Å²) >= 11 is 7.73.